The minimum absolute atomic E-state index is 0.189. The van der Waals surface area contributed by atoms with Gasteiger partial charge in [0.1, 0.15) is 11.6 Å². The average molecular weight is 272 g/mol. The number of fused-ring (bicyclic) bond motifs is 1. The molecule has 0 spiro atoms. The molecule has 1 atom stereocenters. The molecule has 0 radical (unpaired) electrons. The Hall–Kier alpha value is -2.56. The van der Waals surface area contributed by atoms with Crippen molar-refractivity contribution in [1.29, 1.82) is 0 Å². The van der Waals surface area contributed by atoms with Crippen LogP contribution in [0.5, 0.6) is 5.75 Å². The summed E-state index contributed by atoms with van der Waals surface area (Å²) in [5.74, 6) is -0.00995. The standard InChI is InChI=1S/C15H13FN2O2/c16-10-5-6-12(11(17)8-10)18-15(19)14-7-9-3-1-2-4-13(9)20-14/h1-6,8,14H,7,17H2,(H,18,19). The van der Waals surface area contributed by atoms with Gasteiger partial charge in [-0.1, -0.05) is 18.2 Å². The Morgan fingerprint density at radius 1 is 1.30 bits per heavy atom. The molecule has 0 saturated heterocycles. The lowest BCUT2D eigenvalue weighted by atomic mass is 10.1. The average Bonchev–Trinajstić information content (AvgIpc) is 2.86. The third-order valence-electron chi connectivity index (χ3n) is 3.21. The fourth-order valence-electron chi connectivity index (χ4n) is 2.19. The normalized spacial score (nSPS) is 16.4. The van der Waals surface area contributed by atoms with Crippen LogP contribution in [-0.4, -0.2) is 12.0 Å². The number of amides is 1. The number of benzene rings is 2. The Bertz CT molecular complexity index is 648. The number of hydrogen-bond acceptors (Lipinski definition) is 3. The van der Waals surface area contributed by atoms with Gasteiger partial charge in [0.15, 0.2) is 6.10 Å². The van der Waals surface area contributed by atoms with Crippen LogP contribution in [0.15, 0.2) is 42.5 Å². The summed E-state index contributed by atoms with van der Waals surface area (Å²) in [6.45, 7) is 0. The second-order valence-electron chi connectivity index (χ2n) is 4.64. The Labute approximate surface area is 115 Å². The van der Waals surface area contributed by atoms with Crippen LogP contribution in [0.1, 0.15) is 5.56 Å². The first-order valence-electron chi connectivity index (χ1n) is 6.24. The lowest BCUT2D eigenvalue weighted by Crippen LogP contribution is -2.31. The summed E-state index contributed by atoms with van der Waals surface area (Å²) < 4.78 is 18.5. The van der Waals surface area contributed by atoms with E-state index in [-0.39, 0.29) is 11.6 Å². The van der Waals surface area contributed by atoms with Crippen LogP contribution >= 0.6 is 0 Å². The van der Waals surface area contributed by atoms with Crippen molar-refractivity contribution < 1.29 is 13.9 Å². The highest BCUT2D eigenvalue weighted by molar-refractivity contribution is 5.97. The molecule has 1 unspecified atom stereocenters. The number of ether oxygens (including phenoxy) is 1. The van der Waals surface area contributed by atoms with Gasteiger partial charge in [0.2, 0.25) is 0 Å². The summed E-state index contributed by atoms with van der Waals surface area (Å²) in [6.07, 6.45) is -0.0693. The van der Waals surface area contributed by atoms with E-state index in [2.05, 4.69) is 5.32 Å². The summed E-state index contributed by atoms with van der Waals surface area (Å²) in [5.41, 5.74) is 7.23. The Balaban J connectivity index is 1.72. The van der Waals surface area contributed by atoms with E-state index in [0.717, 1.165) is 11.3 Å². The monoisotopic (exact) mass is 272 g/mol. The highest BCUT2D eigenvalue weighted by Crippen LogP contribution is 2.29. The van der Waals surface area contributed by atoms with Gasteiger partial charge in [-0.15, -0.1) is 0 Å². The maximum atomic E-state index is 12.9. The van der Waals surface area contributed by atoms with Crippen LogP contribution in [0.2, 0.25) is 0 Å². The lowest BCUT2D eigenvalue weighted by Gasteiger charge is -2.12. The first kappa shape index (κ1) is 12.5. The second-order valence-corrected chi connectivity index (χ2v) is 4.64. The van der Waals surface area contributed by atoms with Crippen molar-refractivity contribution in [2.45, 2.75) is 12.5 Å². The summed E-state index contributed by atoms with van der Waals surface area (Å²) in [5, 5.41) is 2.66. The molecule has 3 rings (SSSR count). The van der Waals surface area contributed by atoms with E-state index < -0.39 is 11.9 Å². The molecular weight excluding hydrogens is 259 g/mol. The third kappa shape index (κ3) is 2.30. The number of hydrogen-bond donors (Lipinski definition) is 2. The molecule has 2 aromatic carbocycles. The maximum Gasteiger partial charge on any atom is 0.265 e. The molecule has 0 saturated carbocycles. The molecule has 1 amide bonds. The zero-order chi connectivity index (χ0) is 14.1. The number of nitrogen functional groups attached to an aromatic ring is 1. The van der Waals surface area contributed by atoms with E-state index in [1.807, 2.05) is 24.3 Å². The van der Waals surface area contributed by atoms with E-state index in [9.17, 15) is 9.18 Å². The first-order valence-corrected chi connectivity index (χ1v) is 6.24. The number of nitrogens with two attached hydrogens (primary N) is 1. The maximum absolute atomic E-state index is 12.9. The minimum Gasteiger partial charge on any atom is -0.480 e. The summed E-state index contributed by atoms with van der Waals surface area (Å²) in [7, 11) is 0. The van der Waals surface area contributed by atoms with Crippen molar-refractivity contribution in [1.82, 2.24) is 0 Å². The first-order chi connectivity index (χ1) is 9.63. The van der Waals surface area contributed by atoms with Gasteiger partial charge in [-0.05, 0) is 29.8 Å². The van der Waals surface area contributed by atoms with Crippen molar-refractivity contribution in [3.05, 3.63) is 53.8 Å². The molecule has 20 heavy (non-hydrogen) atoms. The van der Waals surface area contributed by atoms with Gasteiger partial charge in [0.05, 0.1) is 11.4 Å². The van der Waals surface area contributed by atoms with Gasteiger partial charge in [-0.25, -0.2) is 4.39 Å². The molecule has 4 nitrogen and oxygen atoms in total. The van der Waals surface area contributed by atoms with Gasteiger partial charge in [-0.2, -0.15) is 0 Å². The van der Waals surface area contributed by atoms with E-state index in [4.69, 9.17) is 10.5 Å². The van der Waals surface area contributed by atoms with Crippen LogP contribution in [0.4, 0.5) is 15.8 Å². The van der Waals surface area contributed by atoms with Crippen LogP contribution in [0, 0.1) is 5.82 Å². The predicted molar refractivity (Wildman–Crippen MR) is 74.0 cm³/mol. The zero-order valence-electron chi connectivity index (χ0n) is 10.6. The van der Waals surface area contributed by atoms with E-state index in [1.54, 1.807) is 0 Å². The van der Waals surface area contributed by atoms with Crippen molar-refractivity contribution in [2.24, 2.45) is 0 Å². The molecule has 1 aliphatic rings. The van der Waals surface area contributed by atoms with Crippen molar-refractivity contribution in [3.8, 4) is 5.75 Å². The van der Waals surface area contributed by atoms with Crippen LogP contribution in [0.3, 0.4) is 0 Å². The Kier molecular flexibility index (Phi) is 3.02. The summed E-state index contributed by atoms with van der Waals surface area (Å²) in [6, 6.07) is 11.4. The number of carbonyl (C=O) groups excluding carboxylic acids is 1. The number of para-hydroxylation sites is 1. The molecule has 0 aromatic heterocycles. The second kappa shape index (κ2) is 4.85. The smallest absolute Gasteiger partial charge is 0.265 e. The summed E-state index contributed by atoms with van der Waals surface area (Å²) >= 11 is 0. The molecule has 0 fully saturated rings. The molecule has 102 valence electrons. The van der Waals surface area contributed by atoms with E-state index in [0.29, 0.717) is 12.1 Å². The molecule has 5 heteroatoms. The van der Waals surface area contributed by atoms with Crippen LogP contribution < -0.4 is 15.8 Å². The van der Waals surface area contributed by atoms with Crippen molar-refractivity contribution >= 4 is 17.3 Å². The lowest BCUT2D eigenvalue weighted by molar-refractivity contribution is -0.122. The fourth-order valence-corrected chi connectivity index (χ4v) is 2.19. The highest BCUT2D eigenvalue weighted by atomic mass is 19.1. The van der Waals surface area contributed by atoms with Crippen LogP contribution in [-0.2, 0) is 11.2 Å². The van der Waals surface area contributed by atoms with Gasteiger partial charge in [0.25, 0.3) is 5.91 Å². The largest absolute Gasteiger partial charge is 0.480 e. The number of anilines is 2. The van der Waals surface area contributed by atoms with E-state index in [1.165, 1.54) is 18.2 Å². The highest BCUT2D eigenvalue weighted by Gasteiger charge is 2.29. The number of carbonyl (C=O) groups is 1. The minimum atomic E-state index is -0.586. The number of halogens is 1. The SMILES string of the molecule is Nc1cc(F)ccc1NC(=O)C1Cc2ccccc2O1. The molecule has 2 aromatic rings. The number of nitrogens with one attached hydrogen (secondary N) is 1. The molecule has 1 heterocycles. The van der Waals surface area contributed by atoms with Gasteiger partial charge >= 0.3 is 0 Å². The topological polar surface area (TPSA) is 64.3 Å². The fraction of sp³-hybridized carbons (Fsp3) is 0.133. The summed E-state index contributed by atoms with van der Waals surface area (Å²) in [4.78, 5) is 12.1. The van der Waals surface area contributed by atoms with Crippen molar-refractivity contribution in [2.75, 3.05) is 11.1 Å². The predicted octanol–water partition coefficient (Wildman–Crippen LogP) is 2.35. The molecule has 1 aliphatic heterocycles. The zero-order valence-corrected chi connectivity index (χ0v) is 10.6. The molecule has 0 aliphatic carbocycles. The van der Waals surface area contributed by atoms with Crippen molar-refractivity contribution in [3.63, 3.8) is 0 Å². The quantitative estimate of drug-likeness (QED) is 0.825. The van der Waals surface area contributed by atoms with Gasteiger partial charge < -0.3 is 15.8 Å². The number of rotatable bonds is 2. The van der Waals surface area contributed by atoms with Gasteiger partial charge in [0, 0.05) is 6.42 Å². The van der Waals surface area contributed by atoms with Gasteiger partial charge in [-0.3, -0.25) is 4.79 Å². The van der Waals surface area contributed by atoms with E-state index >= 15 is 0 Å². The molecule has 3 N–H and O–H groups in total. The molecule has 0 bridgehead atoms. The third-order valence-corrected chi connectivity index (χ3v) is 3.21. The van der Waals surface area contributed by atoms with Crippen LogP contribution in [0.25, 0.3) is 0 Å². The Morgan fingerprint density at radius 2 is 2.10 bits per heavy atom. The Morgan fingerprint density at radius 3 is 2.85 bits per heavy atom. The molecular formula is C15H13FN2O2.